The number of rotatable bonds is 5. The Balaban J connectivity index is 1.78. The number of hydrogen-bond donors (Lipinski definition) is 0. The van der Waals surface area contributed by atoms with Crippen LogP contribution in [0, 0.1) is 6.92 Å². The molecule has 112 valence electrons. The molecule has 0 spiro atoms. The van der Waals surface area contributed by atoms with E-state index in [0.29, 0.717) is 5.92 Å². The molecule has 1 aliphatic heterocycles. The summed E-state index contributed by atoms with van der Waals surface area (Å²) in [5.74, 6) is 1.58. The van der Waals surface area contributed by atoms with Crippen molar-refractivity contribution in [3.05, 3.63) is 29.3 Å². The maximum absolute atomic E-state index is 5.90. The zero-order valence-electron chi connectivity index (χ0n) is 13.4. The van der Waals surface area contributed by atoms with Crippen molar-refractivity contribution in [1.29, 1.82) is 0 Å². The highest BCUT2D eigenvalue weighted by molar-refractivity contribution is 5.36. The van der Waals surface area contributed by atoms with E-state index in [9.17, 15) is 0 Å². The van der Waals surface area contributed by atoms with Crippen molar-refractivity contribution in [3.8, 4) is 5.75 Å². The molecule has 20 heavy (non-hydrogen) atoms. The summed E-state index contributed by atoms with van der Waals surface area (Å²) >= 11 is 0. The highest BCUT2D eigenvalue weighted by Crippen LogP contribution is 2.23. The Kier molecular flexibility index (Phi) is 5.44. The minimum absolute atomic E-state index is 0.578. The predicted molar refractivity (Wildman–Crippen MR) is 84.7 cm³/mol. The quantitative estimate of drug-likeness (QED) is 0.822. The average Bonchev–Trinajstić information content (AvgIpc) is 2.41. The Labute approximate surface area is 123 Å². The number of ether oxygens (including phenoxy) is 1. The van der Waals surface area contributed by atoms with Crippen LogP contribution in [0.1, 0.15) is 30.9 Å². The highest BCUT2D eigenvalue weighted by Gasteiger charge is 2.13. The van der Waals surface area contributed by atoms with Crippen molar-refractivity contribution in [2.24, 2.45) is 0 Å². The lowest BCUT2D eigenvalue weighted by atomic mass is 9.98. The van der Waals surface area contributed by atoms with Crippen LogP contribution >= 0.6 is 0 Å². The van der Waals surface area contributed by atoms with Gasteiger partial charge >= 0.3 is 0 Å². The number of nitrogens with zero attached hydrogens (tertiary/aromatic N) is 2. The van der Waals surface area contributed by atoms with Gasteiger partial charge in [0.15, 0.2) is 0 Å². The molecule has 1 saturated heterocycles. The molecule has 0 aromatic heterocycles. The number of benzene rings is 1. The molecule has 0 bridgehead atoms. The second kappa shape index (κ2) is 7.09. The predicted octanol–water partition coefficient (Wildman–Crippen LogP) is 2.74. The van der Waals surface area contributed by atoms with Gasteiger partial charge in [-0.05, 0) is 43.1 Å². The molecular formula is C17H28N2O. The molecule has 1 aromatic carbocycles. The molecule has 2 rings (SSSR count). The van der Waals surface area contributed by atoms with Gasteiger partial charge in [-0.1, -0.05) is 19.9 Å². The molecule has 0 atom stereocenters. The summed E-state index contributed by atoms with van der Waals surface area (Å²) in [6.45, 7) is 13.1. The first kappa shape index (κ1) is 15.3. The topological polar surface area (TPSA) is 15.7 Å². The van der Waals surface area contributed by atoms with Crippen LogP contribution in [0.2, 0.25) is 0 Å². The lowest BCUT2D eigenvalue weighted by molar-refractivity contribution is 0.133. The van der Waals surface area contributed by atoms with Gasteiger partial charge < -0.3 is 9.64 Å². The van der Waals surface area contributed by atoms with E-state index >= 15 is 0 Å². The van der Waals surface area contributed by atoms with Crippen LogP contribution < -0.4 is 4.74 Å². The van der Waals surface area contributed by atoms with Crippen LogP contribution in [-0.2, 0) is 0 Å². The number of aryl methyl sites for hydroxylation is 1. The van der Waals surface area contributed by atoms with Gasteiger partial charge in [0, 0.05) is 32.7 Å². The van der Waals surface area contributed by atoms with Gasteiger partial charge in [0.05, 0.1) is 0 Å². The molecule has 0 radical (unpaired) electrons. The van der Waals surface area contributed by atoms with Gasteiger partial charge in [-0.3, -0.25) is 4.90 Å². The van der Waals surface area contributed by atoms with Crippen LogP contribution in [-0.4, -0.2) is 56.2 Å². The molecule has 1 fully saturated rings. The van der Waals surface area contributed by atoms with Gasteiger partial charge in [-0.15, -0.1) is 0 Å². The molecule has 3 heteroatoms. The summed E-state index contributed by atoms with van der Waals surface area (Å²) < 4.78 is 5.90. The summed E-state index contributed by atoms with van der Waals surface area (Å²) in [6, 6.07) is 6.47. The van der Waals surface area contributed by atoms with Crippen molar-refractivity contribution < 1.29 is 4.74 Å². The minimum atomic E-state index is 0.578. The van der Waals surface area contributed by atoms with Crippen molar-refractivity contribution in [1.82, 2.24) is 9.80 Å². The third-order valence-corrected chi connectivity index (χ3v) is 4.14. The number of piperazine rings is 1. The van der Waals surface area contributed by atoms with E-state index in [-0.39, 0.29) is 0 Å². The molecule has 1 aliphatic rings. The zero-order chi connectivity index (χ0) is 14.5. The van der Waals surface area contributed by atoms with Gasteiger partial charge in [0.1, 0.15) is 12.4 Å². The second-order valence-electron chi connectivity index (χ2n) is 6.17. The monoisotopic (exact) mass is 276 g/mol. The fourth-order valence-electron chi connectivity index (χ4n) is 2.75. The Bertz CT molecular complexity index is 423. The van der Waals surface area contributed by atoms with E-state index in [2.05, 4.69) is 55.8 Å². The summed E-state index contributed by atoms with van der Waals surface area (Å²) in [5, 5.41) is 0. The smallest absolute Gasteiger partial charge is 0.119 e. The van der Waals surface area contributed by atoms with Crippen LogP contribution in [0.15, 0.2) is 18.2 Å². The molecule has 0 saturated carbocycles. The first-order valence-corrected chi connectivity index (χ1v) is 7.70. The second-order valence-corrected chi connectivity index (χ2v) is 6.17. The van der Waals surface area contributed by atoms with E-state index in [1.165, 1.54) is 24.2 Å². The lowest BCUT2D eigenvalue weighted by Crippen LogP contribution is -2.45. The Morgan fingerprint density at radius 2 is 1.85 bits per heavy atom. The van der Waals surface area contributed by atoms with E-state index < -0.39 is 0 Å². The maximum Gasteiger partial charge on any atom is 0.119 e. The Hall–Kier alpha value is -1.06. The normalized spacial score (nSPS) is 17.6. The lowest BCUT2D eigenvalue weighted by Gasteiger charge is -2.32. The SMILES string of the molecule is Cc1cc(OCCN2CCN(C)CC2)ccc1C(C)C. The third kappa shape index (κ3) is 4.22. The zero-order valence-corrected chi connectivity index (χ0v) is 13.4. The van der Waals surface area contributed by atoms with Gasteiger partial charge in [0.25, 0.3) is 0 Å². The fraction of sp³-hybridized carbons (Fsp3) is 0.647. The van der Waals surface area contributed by atoms with Crippen molar-refractivity contribution in [2.45, 2.75) is 26.7 Å². The summed E-state index contributed by atoms with van der Waals surface area (Å²) in [7, 11) is 2.19. The molecule has 3 nitrogen and oxygen atoms in total. The summed E-state index contributed by atoms with van der Waals surface area (Å²) in [4.78, 5) is 4.86. The molecule has 0 amide bonds. The Morgan fingerprint density at radius 1 is 1.15 bits per heavy atom. The number of likely N-dealkylation sites (N-methyl/N-ethyl adjacent to an activating group) is 1. The largest absolute Gasteiger partial charge is 0.492 e. The molecule has 1 aromatic rings. The standard InChI is InChI=1S/C17H28N2O/c1-14(2)17-6-5-16(13-15(17)3)20-12-11-19-9-7-18(4)8-10-19/h5-6,13-14H,7-12H2,1-4H3. The Morgan fingerprint density at radius 3 is 2.45 bits per heavy atom. The van der Waals surface area contributed by atoms with E-state index in [1.807, 2.05) is 0 Å². The maximum atomic E-state index is 5.90. The van der Waals surface area contributed by atoms with Gasteiger partial charge in [-0.2, -0.15) is 0 Å². The molecule has 0 N–H and O–H groups in total. The van der Waals surface area contributed by atoms with Crippen molar-refractivity contribution in [2.75, 3.05) is 46.4 Å². The van der Waals surface area contributed by atoms with Crippen LogP contribution in [0.25, 0.3) is 0 Å². The third-order valence-electron chi connectivity index (χ3n) is 4.14. The molecule has 1 heterocycles. The first-order chi connectivity index (χ1) is 9.56. The van der Waals surface area contributed by atoms with Gasteiger partial charge in [0.2, 0.25) is 0 Å². The summed E-state index contributed by atoms with van der Waals surface area (Å²) in [6.07, 6.45) is 0. The summed E-state index contributed by atoms with van der Waals surface area (Å²) in [5.41, 5.74) is 2.74. The van der Waals surface area contributed by atoms with E-state index in [4.69, 9.17) is 4.74 Å². The average molecular weight is 276 g/mol. The first-order valence-electron chi connectivity index (χ1n) is 7.70. The van der Waals surface area contributed by atoms with E-state index in [0.717, 1.165) is 32.0 Å². The fourth-order valence-corrected chi connectivity index (χ4v) is 2.75. The van der Waals surface area contributed by atoms with Crippen LogP contribution in [0.3, 0.4) is 0 Å². The highest BCUT2D eigenvalue weighted by atomic mass is 16.5. The molecule has 0 aliphatic carbocycles. The van der Waals surface area contributed by atoms with Crippen LogP contribution in [0.4, 0.5) is 0 Å². The van der Waals surface area contributed by atoms with Crippen molar-refractivity contribution in [3.63, 3.8) is 0 Å². The van der Waals surface area contributed by atoms with Crippen LogP contribution in [0.5, 0.6) is 5.75 Å². The molecule has 0 unspecified atom stereocenters. The van der Waals surface area contributed by atoms with Crippen molar-refractivity contribution >= 4 is 0 Å². The number of hydrogen-bond acceptors (Lipinski definition) is 3. The molecular weight excluding hydrogens is 248 g/mol. The minimum Gasteiger partial charge on any atom is -0.492 e. The van der Waals surface area contributed by atoms with Gasteiger partial charge in [-0.25, -0.2) is 0 Å². The van der Waals surface area contributed by atoms with E-state index in [1.54, 1.807) is 0 Å².